The topological polar surface area (TPSA) is 45.5 Å². The first-order valence-electron chi connectivity index (χ1n) is 28.9. The van der Waals surface area contributed by atoms with E-state index in [1.54, 1.807) is 6.20 Å². The van der Waals surface area contributed by atoms with E-state index in [-0.39, 0.29) is 0 Å². The Bertz CT molecular complexity index is 5910. The highest BCUT2D eigenvalue weighted by Gasteiger charge is 2.22. The van der Waals surface area contributed by atoms with Crippen molar-refractivity contribution in [3.05, 3.63) is 291 Å². The highest BCUT2D eigenvalue weighted by Crippen LogP contribution is 2.45. The molecule has 7 aromatic heterocycles. The molecule has 0 N–H and O–H groups in total. The van der Waals surface area contributed by atoms with Gasteiger partial charge in [-0.2, -0.15) is 0 Å². The van der Waals surface area contributed by atoms with Crippen LogP contribution in [0.1, 0.15) is 0 Å². The summed E-state index contributed by atoms with van der Waals surface area (Å²) in [4.78, 5) is 9.46. The molecule has 12 aromatic carbocycles. The van der Waals surface area contributed by atoms with E-state index in [2.05, 4.69) is 290 Å². The van der Waals surface area contributed by atoms with Gasteiger partial charge in [-0.25, -0.2) is 4.98 Å². The van der Waals surface area contributed by atoms with Gasteiger partial charge in [-0.1, -0.05) is 170 Å². The Morgan fingerprint density at radius 3 is 1.35 bits per heavy atom. The lowest BCUT2D eigenvalue weighted by molar-refractivity contribution is 1.08. The number of benzene rings is 12. The van der Waals surface area contributed by atoms with E-state index in [9.17, 15) is 0 Å². The van der Waals surface area contributed by atoms with Gasteiger partial charge in [0, 0.05) is 98.7 Å². The summed E-state index contributed by atoms with van der Waals surface area (Å²) < 4.78 is 12.3. The van der Waals surface area contributed by atoms with Crippen molar-refractivity contribution in [2.45, 2.75) is 0 Å². The van der Waals surface area contributed by atoms with Gasteiger partial charge in [-0.3, -0.25) is 9.55 Å². The maximum atomic E-state index is 5.15. The van der Waals surface area contributed by atoms with Crippen LogP contribution in [0.25, 0.3) is 163 Å². The zero-order chi connectivity index (χ0) is 55.7. The lowest BCUT2D eigenvalue weighted by Crippen LogP contribution is -1.99. The molecule has 0 aliphatic rings. The molecule has 0 aliphatic carbocycles. The number of para-hydroxylation sites is 6. The van der Waals surface area contributed by atoms with Crippen molar-refractivity contribution < 1.29 is 0 Å². The second-order valence-corrected chi connectivity index (χ2v) is 23.1. The summed E-state index contributed by atoms with van der Waals surface area (Å²) in [7, 11) is 0. The van der Waals surface area contributed by atoms with Crippen LogP contribution in [0.5, 0.6) is 0 Å². The lowest BCUT2D eigenvalue weighted by atomic mass is 10.0. The molecule has 0 bridgehead atoms. The van der Waals surface area contributed by atoms with Gasteiger partial charge in [0.15, 0.2) is 0 Å². The SMILES string of the molecule is c1ccc(-n2c3ccccc3c3ccc4cc5c6ccccc6n(-c6cccc(-c7cccnc7)n6)c5cc4c32)cc1.c1ccc(-n2c3ccccc3c3ccc4cc5c6ccccc6n(-c6cccc7c6sc6ccccc67)c5cc4c32)cc1. The Balaban J connectivity index is 0.000000129. The summed E-state index contributed by atoms with van der Waals surface area (Å²) in [5.41, 5.74) is 15.1. The van der Waals surface area contributed by atoms with Gasteiger partial charge in [-0.05, 0) is 120 Å². The predicted molar refractivity (Wildman–Crippen MR) is 359 cm³/mol. The molecule has 19 aromatic rings. The Labute approximate surface area is 491 Å². The summed E-state index contributed by atoms with van der Waals surface area (Å²) in [5.74, 6) is 0.887. The molecule has 7 heterocycles. The molecule has 0 spiro atoms. The second kappa shape index (κ2) is 18.7. The number of aromatic nitrogens is 6. The number of nitrogens with zero attached hydrogens (tertiary/aromatic N) is 6. The molecule has 0 aliphatic heterocycles. The first kappa shape index (κ1) is 47.5. The lowest BCUT2D eigenvalue weighted by Gasteiger charge is -2.12. The molecule has 85 heavy (non-hydrogen) atoms. The van der Waals surface area contributed by atoms with E-state index in [1.807, 2.05) is 29.7 Å². The van der Waals surface area contributed by atoms with Crippen LogP contribution in [0.2, 0.25) is 0 Å². The fraction of sp³-hybridized carbons (Fsp3) is 0. The summed E-state index contributed by atoms with van der Waals surface area (Å²) in [6, 6.07) is 101. The average Bonchev–Trinajstić information content (AvgIpc) is 3.41. The minimum atomic E-state index is 0.887. The Morgan fingerprint density at radius 1 is 0.294 bits per heavy atom. The monoisotopic (exact) mass is 1100 g/mol. The van der Waals surface area contributed by atoms with Crippen molar-refractivity contribution in [3.8, 4) is 34.1 Å². The van der Waals surface area contributed by atoms with E-state index >= 15 is 0 Å². The molecule has 0 fully saturated rings. The van der Waals surface area contributed by atoms with Gasteiger partial charge >= 0.3 is 0 Å². The van der Waals surface area contributed by atoms with Crippen molar-refractivity contribution in [2.75, 3.05) is 0 Å². The van der Waals surface area contributed by atoms with Crippen LogP contribution in [-0.4, -0.2) is 28.2 Å². The van der Waals surface area contributed by atoms with Crippen LogP contribution in [0.15, 0.2) is 291 Å². The third-order valence-electron chi connectivity index (χ3n) is 17.5. The summed E-state index contributed by atoms with van der Waals surface area (Å²) in [6.07, 6.45) is 3.66. The van der Waals surface area contributed by atoms with E-state index in [0.29, 0.717) is 0 Å². The molecule has 396 valence electrons. The molecule has 19 rings (SSSR count). The molecular formula is C78H48N6S. The normalized spacial score (nSPS) is 12.0. The maximum Gasteiger partial charge on any atom is 0.138 e. The molecule has 0 radical (unpaired) electrons. The highest BCUT2D eigenvalue weighted by molar-refractivity contribution is 7.26. The number of pyridine rings is 2. The Hall–Kier alpha value is -11.1. The third-order valence-corrected chi connectivity index (χ3v) is 18.7. The standard InChI is InChI=1S/C40H24N2S.C38H24N4/c1-2-11-26(12-3-1)41-34-17-7-4-13-27(34)30-22-21-25-23-33-28-14-5-8-18-35(28)42(37(33)24-32(25)39(30)41)36-19-10-16-31-29-15-6-9-20-38(29)43-40(31)36;1-2-11-27(12-3-1)41-34-16-6-4-13-28(34)30-20-19-25-22-32-29-14-5-7-17-35(29)42(36(32)23-31(25)38(30)41)37-18-8-15-33(40-37)26-10-9-21-39-24-26/h1-24H;1-24H. The fourth-order valence-corrected chi connectivity index (χ4v) is 15.0. The number of hydrogen-bond donors (Lipinski definition) is 0. The van der Waals surface area contributed by atoms with E-state index in [1.165, 1.54) is 129 Å². The van der Waals surface area contributed by atoms with Gasteiger partial charge in [0.25, 0.3) is 0 Å². The molecular weight excluding hydrogens is 1050 g/mol. The minimum absolute atomic E-state index is 0.887. The fourth-order valence-electron chi connectivity index (χ4n) is 13.8. The Kier molecular flexibility index (Phi) is 10.5. The van der Waals surface area contributed by atoms with Crippen molar-refractivity contribution in [3.63, 3.8) is 0 Å². The smallest absolute Gasteiger partial charge is 0.138 e. The third kappa shape index (κ3) is 7.18. The number of rotatable bonds is 5. The number of fused-ring (bicyclic) bond motifs is 19. The van der Waals surface area contributed by atoms with Crippen LogP contribution >= 0.6 is 11.3 Å². The van der Waals surface area contributed by atoms with Gasteiger partial charge in [0.05, 0.1) is 60.2 Å². The summed E-state index contributed by atoms with van der Waals surface area (Å²) in [5, 5.41) is 17.6. The van der Waals surface area contributed by atoms with Crippen LogP contribution in [-0.2, 0) is 0 Å². The average molecular weight is 1100 g/mol. The second-order valence-electron chi connectivity index (χ2n) is 22.1. The van der Waals surface area contributed by atoms with Gasteiger partial charge in [-0.15, -0.1) is 11.3 Å². The molecule has 0 amide bonds. The van der Waals surface area contributed by atoms with Crippen LogP contribution in [0.4, 0.5) is 0 Å². The minimum Gasteiger partial charge on any atom is -0.309 e. The zero-order valence-electron chi connectivity index (χ0n) is 45.8. The van der Waals surface area contributed by atoms with Crippen molar-refractivity contribution >= 4 is 140 Å². The molecule has 6 nitrogen and oxygen atoms in total. The van der Waals surface area contributed by atoms with E-state index < -0.39 is 0 Å². The summed E-state index contributed by atoms with van der Waals surface area (Å²) >= 11 is 1.89. The first-order chi connectivity index (χ1) is 42.2. The molecule has 0 unspecified atom stereocenters. The van der Waals surface area contributed by atoms with Crippen LogP contribution in [0.3, 0.4) is 0 Å². The quantitative estimate of drug-likeness (QED) is 0.172. The van der Waals surface area contributed by atoms with Crippen LogP contribution < -0.4 is 0 Å². The maximum absolute atomic E-state index is 5.15. The molecule has 0 saturated heterocycles. The number of hydrogen-bond acceptors (Lipinski definition) is 3. The van der Waals surface area contributed by atoms with Gasteiger partial charge in [0.2, 0.25) is 0 Å². The van der Waals surface area contributed by atoms with Gasteiger partial charge in [0.1, 0.15) is 5.82 Å². The largest absolute Gasteiger partial charge is 0.309 e. The van der Waals surface area contributed by atoms with Crippen molar-refractivity contribution in [1.82, 2.24) is 28.2 Å². The number of thiophene rings is 1. The van der Waals surface area contributed by atoms with E-state index in [0.717, 1.165) is 33.8 Å². The highest BCUT2D eigenvalue weighted by atomic mass is 32.1. The van der Waals surface area contributed by atoms with Crippen molar-refractivity contribution in [1.29, 1.82) is 0 Å². The molecule has 7 heteroatoms. The van der Waals surface area contributed by atoms with E-state index in [4.69, 9.17) is 4.98 Å². The molecule has 0 saturated carbocycles. The predicted octanol–water partition coefficient (Wildman–Crippen LogP) is 20.9. The first-order valence-corrected chi connectivity index (χ1v) is 29.7. The zero-order valence-corrected chi connectivity index (χ0v) is 46.6. The van der Waals surface area contributed by atoms with Crippen LogP contribution in [0, 0.1) is 0 Å². The Morgan fingerprint density at radius 2 is 0.776 bits per heavy atom. The molecule has 0 atom stereocenters. The van der Waals surface area contributed by atoms with Crippen molar-refractivity contribution in [2.24, 2.45) is 0 Å². The summed E-state index contributed by atoms with van der Waals surface area (Å²) in [6.45, 7) is 0. The van der Waals surface area contributed by atoms with Gasteiger partial charge < -0.3 is 13.7 Å².